The van der Waals surface area contributed by atoms with Gasteiger partial charge in [-0.25, -0.2) is 13.4 Å². The maximum Gasteiger partial charge on any atom is 0.243 e. The van der Waals surface area contributed by atoms with Crippen LogP contribution in [0.5, 0.6) is 5.75 Å². The van der Waals surface area contributed by atoms with Crippen molar-refractivity contribution in [2.75, 3.05) is 19.7 Å². The first kappa shape index (κ1) is 16.8. The number of pyridine rings is 1. The molecule has 0 amide bonds. The smallest absolute Gasteiger partial charge is 0.243 e. The number of piperidine rings is 1. The van der Waals surface area contributed by atoms with E-state index in [9.17, 15) is 8.42 Å². The van der Waals surface area contributed by atoms with Gasteiger partial charge in [0.2, 0.25) is 10.0 Å². The van der Waals surface area contributed by atoms with Crippen molar-refractivity contribution in [3.63, 3.8) is 0 Å². The number of hydrogen-bond donors (Lipinski definition) is 0. The quantitative estimate of drug-likeness (QED) is 0.698. The van der Waals surface area contributed by atoms with E-state index in [0.29, 0.717) is 30.5 Å². The lowest BCUT2D eigenvalue weighted by molar-refractivity contribution is 0.317. The first-order valence-corrected chi connectivity index (χ1v) is 10.7. The normalized spacial score (nSPS) is 18.5. The van der Waals surface area contributed by atoms with E-state index in [1.165, 1.54) is 0 Å². The van der Waals surface area contributed by atoms with Crippen LogP contribution < -0.4 is 4.74 Å². The van der Waals surface area contributed by atoms with Crippen molar-refractivity contribution in [3.8, 4) is 5.75 Å². The van der Waals surface area contributed by atoms with Crippen LogP contribution in [0.3, 0.4) is 0 Å². The number of sulfonamides is 1. The number of aromatic nitrogens is 2. The van der Waals surface area contributed by atoms with Crippen LogP contribution >= 0.6 is 0 Å². The molecule has 2 aromatic heterocycles. The third kappa shape index (κ3) is 2.91. The number of rotatable bonds is 3. The maximum atomic E-state index is 13.0. The summed E-state index contributed by atoms with van der Waals surface area (Å²) in [7, 11) is -3.46. The second kappa shape index (κ2) is 6.35. The highest BCUT2D eigenvalue weighted by Crippen LogP contribution is 2.32. The fourth-order valence-corrected chi connectivity index (χ4v) is 5.54. The molecule has 1 aromatic carbocycles. The number of nitrogens with zero attached hydrogens (tertiary/aromatic N) is 3. The van der Waals surface area contributed by atoms with Crippen molar-refractivity contribution in [2.24, 2.45) is 0 Å². The lowest BCUT2D eigenvalue weighted by Gasteiger charge is -2.30. The number of fused-ring (bicyclic) bond motifs is 2. The molecule has 0 N–H and O–H groups in total. The molecule has 2 aliphatic rings. The van der Waals surface area contributed by atoms with Crippen LogP contribution in [0.1, 0.15) is 30.0 Å². The van der Waals surface area contributed by atoms with E-state index < -0.39 is 10.0 Å². The highest BCUT2D eigenvalue weighted by molar-refractivity contribution is 7.89. The second-order valence-electron chi connectivity index (χ2n) is 7.18. The van der Waals surface area contributed by atoms with Crippen molar-refractivity contribution in [1.29, 1.82) is 0 Å². The Bertz CT molecular complexity index is 1070. The Labute approximate surface area is 158 Å². The lowest BCUT2D eigenvalue weighted by atomic mass is 9.95. The van der Waals surface area contributed by atoms with Gasteiger partial charge in [-0.1, -0.05) is 6.07 Å². The van der Waals surface area contributed by atoms with Gasteiger partial charge < -0.3 is 9.14 Å². The van der Waals surface area contributed by atoms with Crippen LogP contribution in [0.2, 0.25) is 0 Å². The Morgan fingerprint density at radius 3 is 2.78 bits per heavy atom. The van der Waals surface area contributed by atoms with Gasteiger partial charge in [0, 0.05) is 37.8 Å². The van der Waals surface area contributed by atoms with Gasteiger partial charge in [-0.05, 0) is 48.7 Å². The molecule has 1 fully saturated rings. The molecule has 140 valence electrons. The van der Waals surface area contributed by atoms with E-state index in [4.69, 9.17) is 9.72 Å². The lowest BCUT2D eigenvalue weighted by Crippen LogP contribution is -2.38. The first-order valence-electron chi connectivity index (χ1n) is 9.31. The summed E-state index contributed by atoms with van der Waals surface area (Å²) in [4.78, 5) is 5.08. The van der Waals surface area contributed by atoms with E-state index in [-0.39, 0.29) is 0 Å². The van der Waals surface area contributed by atoms with Crippen molar-refractivity contribution < 1.29 is 13.2 Å². The molecule has 0 radical (unpaired) electrons. The molecule has 0 bridgehead atoms. The van der Waals surface area contributed by atoms with Crippen LogP contribution in [0.25, 0.3) is 5.65 Å². The van der Waals surface area contributed by atoms with Crippen molar-refractivity contribution >= 4 is 15.7 Å². The highest BCUT2D eigenvalue weighted by Gasteiger charge is 2.31. The number of ether oxygens (including phenoxy) is 1. The topological polar surface area (TPSA) is 63.9 Å². The zero-order valence-corrected chi connectivity index (χ0v) is 15.7. The molecule has 0 aliphatic carbocycles. The van der Waals surface area contributed by atoms with Crippen LogP contribution in [0, 0.1) is 0 Å². The van der Waals surface area contributed by atoms with Crippen molar-refractivity contribution in [2.45, 2.75) is 30.1 Å². The molecule has 27 heavy (non-hydrogen) atoms. The second-order valence-corrected chi connectivity index (χ2v) is 9.12. The predicted octanol–water partition coefficient (Wildman–Crippen LogP) is 2.84. The third-order valence-corrected chi connectivity index (χ3v) is 7.45. The number of benzene rings is 1. The van der Waals surface area contributed by atoms with E-state index in [1.54, 1.807) is 22.5 Å². The Kier molecular flexibility index (Phi) is 3.94. The molecule has 4 heterocycles. The molecule has 2 aliphatic heterocycles. The minimum absolute atomic E-state index is 0.296. The van der Waals surface area contributed by atoms with Crippen molar-refractivity contribution in [1.82, 2.24) is 13.7 Å². The minimum atomic E-state index is -3.46. The van der Waals surface area contributed by atoms with Gasteiger partial charge >= 0.3 is 0 Å². The highest BCUT2D eigenvalue weighted by atomic mass is 32.2. The molecule has 3 aromatic rings. The summed E-state index contributed by atoms with van der Waals surface area (Å²) < 4.78 is 35.2. The SMILES string of the molecule is O=S(=O)(c1ccc2c(c1)CCO2)N1CCC(c2cn3ccccc3n2)CC1. The largest absolute Gasteiger partial charge is 0.493 e. The fraction of sp³-hybridized carbons (Fsp3) is 0.350. The van der Waals surface area contributed by atoms with Crippen LogP contribution in [0.4, 0.5) is 0 Å². The molecular weight excluding hydrogens is 362 g/mol. The molecule has 5 rings (SSSR count). The maximum absolute atomic E-state index is 13.0. The van der Waals surface area contributed by atoms with E-state index in [2.05, 4.69) is 6.20 Å². The van der Waals surface area contributed by atoms with Crippen LogP contribution in [-0.2, 0) is 16.4 Å². The fourth-order valence-electron chi connectivity index (χ4n) is 4.02. The first-order chi connectivity index (χ1) is 13.1. The summed E-state index contributed by atoms with van der Waals surface area (Å²) in [6.07, 6.45) is 6.40. The molecule has 0 unspecified atom stereocenters. The molecule has 1 saturated heterocycles. The molecular formula is C20H21N3O3S. The summed E-state index contributed by atoms with van der Waals surface area (Å²) >= 11 is 0. The Balaban J connectivity index is 1.33. The average molecular weight is 383 g/mol. The summed E-state index contributed by atoms with van der Waals surface area (Å²) in [5.41, 5.74) is 2.96. The number of imidazole rings is 1. The van der Waals surface area contributed by atoms with Gasteiger partial charge in [-0.3, -0.25) is 0 Å². The Hall–Kier alpha value is -2.38. The van der Waals surface area contributed by atoms with Gasteiger partial charge in [0.25, 0.3) is 0 Å². The van der Waals surface area contributed by atoms with Crippen LogP contribution in [-0.4, -0.2) is 41.8 Å². The number of hydrogen-bond acceptors (Lipinski definition) is 4. The van der Waals surface area contributed by atoms with Gasteiger partial charge in [0.1, 0.15) is 11.4 Å². The molecule has 0 spiro atoms. The zero-order valence-electron chi connectivity index (χ0n) is 14.9. The summed E-state index contributed by atoms with van der Waals surface area (Å²) in [5.74, 6) is 1.10. The van der Waals surface area contributed by atoms with E-state index >= 15 is 0 Å². The van der Waals surface area contributed by atoms with Gasteiger partial charge in [0.05, 0.1) is 17.2 Å². The third-order valence-electron chi connectivity index (χ3n) is 5.55. The standard InChI is InChI=1S/C20H21N3O3S/c24-27(25,17-4-5-19-16(13-17)8-12-26-19)23-10-6-15(7-11-23)18-14-22-9-2-1-3-20(22)21-18/h1-5,9,13-15H,6-8,10-12H2. The van der Waals surface area contributed by atoms with Crippen LogP contribution in [0.15, 0.2) is 53.7 Å². The van der Waals surface area contributed by atoms with Gasteiger partial charge in [-0.2, -0.15) is 4.31 Å². The summed E-state index contributed by atoms with van der Waals surface area (Å²) in [5, 5.41) is 0. The Morgan fingerprint density at radius 2 is 1.96 bits per heavy atom. The van der Waals surface area contributed by atoms with Gasteiger partial charge in [-0.15, -0.1) is 0 Å². The Morgan fingerprint density at radius 1 is 1.11 bits per heavy atom. The molecule has 0 saturated carbocycles. The van der Waals surface area contributed by atoms with E-state index in [0.717, 1.165) is 41.9 Å². The zero-order chi connectivity index (χ0) is 18.4. The molecule has 7 heteroatoms. The van der Waals surface area contributed by atoms with Crippen molar-refractivity contribution in [3.05, 3.63) is 60.0 Å². The monoisotopic (exact) mass is 383 g/mol. The molecule has 0 atom stereocenters. The van der Waals surface area contributed by atoms with Gasteiger partial charge in [0.15, 0.2) is 0 Å². The minimum Gasteiger partial charge on any atom is -0.493 e. The summed E-state index contributed by atoms with van der Waals surface area (Å²) in [6, 6.07) is 11.1. The summed E-state index contributed by atoms with van der Waals surface area (Å²) in [6.45, 7) is 1.67. The van der Waals surface area contributed by atoms with E-state index in [1.807, 2.05) is 28.8 Å². The molecule has 6 nitrogen and oxygen atoms in total. The average Bonchev–Trinajstić information content (AvgIpc) is 3.34. The predicted molar refractivity (Wildman–Crippen MR) is 102 cm³/mol.